The van der Waals surface area contributed by atoms with E-state index in [9.17, 15) is 0 Å². The van der Waals surface area contributed by atoms with Crippen LogP contribution in [-0.2, 0) is 0 Å². The molecule has 1 nitrogen and oxygen atoms in total. The topological polar surface area (TPSA) is 20.2 Å². The minimum absolute atomic E-state index is 0.330. The van der Waals surface area contributed by atoms with Crippen LogP contribution in [0.2, 0.25) is 0 Å². The predicted octanol–water partition coefficient (Wildman–Crippen LogP) is 2.75. The van der Waals surface area contributed by atoms with Crippen LogP contribution < -0.4 is 0 Å². The number of hydrogen-bond acceptors (Lipinski definition) is 1. The van der Waals surface area contributed by atoms with Gasteiger partial charge in [-0.05, 0) is 19.3 Å². The molecule has 0 aromatic heterocycles. The van der Waals surface area contributed by atoms with Crippen LogP contribution >= 0.6 is 0 Å². The Bertz CT molecular complexity index is 50.7. The monoisotopic (exact) mass is 144 g/mol. The molecule has 0 bridgehead atoms. The molecule has 0 aliphatic carbocycles. The molecule has 0 radical (unpaired) electrons. The van der Waals surface area contributed by atoms with Crippen molar-refractivity contribution in [3.8, 4) is 0 Å². The molecule has 1 heteroatoms. The van der Waals surface area contributed by atoms with Crippen LogP contribution in [0.4, 0.5) is 0 Å². The highest BCUT2D eigenvalue weighted by Gasteiger charge is 1.82. The Hall–Kier alpha value is -0.300. The first-order chi connectivity index (χ1) is 4.91. The minimum Gasteiger partial charge on any atom is -0.396 e. The standard InChI is InChI=1S/C7H14O.C2H6/c1-2-3-4-5-6-7-8;1-2/h2,8H,1,3-7H2;1-2H3. The first-order valence-corrected chi connectivity index (χ1v) is 4.13. The van der Waals surface area contributed by atoms with Gasteiger partial charge in [-0.2, -0.15) is 0 Å². The summed E-state index contributed by atoms with van der Waals surface area (Å²) < 4.78 is 0. The Morgan fingerprint density at radius 1 is 1.20 bits per heavy atom. The van der Waals surface area contributed by atoms with Crippen LogP contribution in [-0.4, -0.2) is 11.7 Å². The second-order valence-corrected chi connectivity index (χ2v) is 1.86. The molecule has 0 atom stereocenters. The highest BCUT2D eigenvalue weighted by Crippen LogP contribution is 1.97. The maximum absolute atomic E-state index is 8.34. The van der Waals surface area contributed by atoms with Gasteiger partial charge in [-0.1, -0.05) is 26.3 Å². The second-order valence-electron chi connectivity index (χ2n) is 1.86. The third-order valence-electron chi connectivity index (χ3n) is 1.07. The van der Waals surface area contributed by atoms with Crippen molar-refractivity contribution in [3.63, 3.8) is 0 Å². The first-order valence-electron chi connectivity index (χ1n) is 4.13. The van der Waals surface area contributed by atoms with E-state index >= 15 is 0 Å². The Labute approximate surface area is 64.8 Å². The van der Waals surface area contributed by atoms with Gasteiger partial charge >= 0.3 is 0 Å². The predicted molar refractivity (Wildman–Crippen MR) is 47.1 cm³/mol. The molecule has 0 saturated carbocycles. The van der Waals surface area contributed by atoms with Gasteiger partial charge in [-0.25, -0.2) is 0 Å². The van der Waals surface area contributed by atoms with E-state index in [4.69, 9.17) is 5.11 Å². The Balaban J connectivity index is 0. The third-order valence-corrected chi connectivity index (χ3v) is 1.07. The molecule has 0 unspecified atom stereocenters. The van der Waals surface area contributed by atoms with Crippen LogP contribution in [0.3, 0.4) is 0 Å². The van der Waals surface area contributed by atoms with Crippen LogP contribution in [0.1, 0.15) is 39.5 Å². The van der Waals surface area contributed by atoms with Gasteiger partial charge < -0.3 is 5.11 Å². The largest absolute Gasteiger partial charge is 0.396 e. The third kappa shape index (κ3) is 15.6. The number of unbranched alkanes of at least 4 members (excludes halogenated alkanes) is 3. The van der Waals surface area contributed by atoms with Crippen LogP contribution in [0.25, 0.3) is 0 Å². The van der Waals surface area contributed by atoms with E-state index in [1.165, 1.54) is 6.42 Å². The summed E-state index contributed by atoms with van der Waals surface area (Å²) in [4.78, 5) is 0. The maximum Gasteiger partial charge on any atom is 0.0431 e. The van der Waals surface area contributed by atoms with E-state index in [-0.39, 0.29) is 0 Å². The molecule has 0 rings (SSSR count). The van der Waals surface area contributed by atoms with Gasteiger partial charge in [0.2, 0.25) is 0 Å². The van der Waals surface area contributed by atoms with E-state index < -0.39 is 0 Å². The molecule has 0 saturated heterocycles. The molecular formula is C9H20O. The van der Waals surface area contributed by atoms with Crippen molar-refractivity contribution in [2.75, 3.05) is 6.61 Å². The first kappa shape index (κ1) is 12.4. The number of allylic oxidation sites excluding steroid dienone is 1. The normalized spacial score (nSPS) is 7.90. The summed E-state index contributed by atoms with van der Waals surface area (Å²) in [6, 6.07) is 0. The fourth-order valence-electron chi connectivity index (χ4n) is 0.577. The van der Waals surface area contributed by atoms with Gasteiger partial charge in [0, 0.05) is 6.61 Å². The lowest BCUT2D eigenvalue weighted by Crippen LogP contribution is -1.80. The van der Waals surface area contributed by atoms with Gasteiger partial charge in [0.15, 0.2) is 0 Å². The molecule has 0 fully saturated rings. The summed E-state index contributed by atoms with van der Waals surface area (Å²) in [7, 11) is 0. The highest BCUT2D eigenvalue weighted by molar-refractivity contribution is 4.64. The van der Waals surface area contributed by atoms with Gasteiger partial charge in [-0.3, -0.25) is 0 Å². The number of hydrogen-bond donors (Lipinski definition) is 1. The molecule has 0 aliphatic heterocycles. The number of aliphatic hydroxyl groups excluding tert-OH is 1. The summed E-state index contributed by atoms with van der Waals surface area (Å²) in [5.41, 5.74) is 0. The maximum atomic E-state index is 8.34. The summed E-state index contributed by atoms with van der Waals surface area (Å²) >= 11 is 0. The molecule has 62 valence electrons. The number of rotatable bonds is 5. The van der Waals surface area contributed by atoms with Crippen molar-refractivity contribution in [3.05, 3.63) is 12.7 Å². The van der Waals surface area contributed by atoms with Crippen molar-refractivity contribution in [2.24, 2.45) is 0 Å². The SMILES string of the molecule is C=CCCCCCO.CC. The molecule has 0 aliphatic rings. The van der Waals surface area contributed by atoms with Crippen molar-refractivity contribution < 1.29 is 5.11 Å². The molecule has 0 aromatic carbocycles. The zero-order valence-electron chi connectivity index (χ0n) is 7.27. The minimum atomic E-state index is 0.330. The molecule has 0 aromatic rings. The Morgan fingerprint density at radius 3 is 2.20 bits per heavy atom. The molecular weight excluding hydrogens is 124 g/mol. The summed E-state index contributed by atoms with van der Waals surface area (Å²) in [5, 5.41) is 8.34. The average Bonchev–Trinajstić information content (AvgIpc) is 2.02. The van der Waals surface area contributed by atoms with E-state index in [0.717, 1.165) is 19.3 Å². The second kappa shape index (κ2) is 15.9. The van der Waals surface area contributed by atoms with Gasteiger partial charge in [0.25, 0.3) is 0 Å². The average molecular weight is 144 g/mol. The summed E-state index contributed by atoms with van der Waals surface area (Å²) in [5.74, 6) is 0. The van der Waals surface area contributed by atoms with Crippen molar-refractivity contribution in [1.82, 2.24) is 0 Å². The van der Waals surface area contributed by atoms with E-state index in [2.05, 4.69) is 6.58 Å². The van der Waals surface area contributed by atoms with Crippen molar-refractivity contribution in [2.45, 2.75) is 39.5 Å². The van der Waals surface area contributed by atoms with E-state index in [1.54, 1.807) is 0 Å². The quantitative estimate of drug-likeness (QED) is 0.464. The lowest BCUT2D eigenvalue weighted by molar-refractivity contribution is 0.283. The molecule has 10 heavy (non-hydrogen) atoms. The fraction of sp³-hybridized carbons (Fsp3) is 0.778. The van der Waals surface area contributed by atoms with Crippen LogP contribution in [0.5, 0.6) is 0 Å². The van der Waals surface area contributed by atoms with E-state index in [0.29, 0.717) is 6.61 Å². The van der Waals surface area contributed by atoms with Gasteiger partial charge in [0.05, 0.1) is 0 Å². The van der Waals surface area contributed by atoms with Crippen molar-refractivity contribution in [1.29, 1.82) is 0 Å². The van der Waals surface area contributed by atoms with Gasteiger partial charge in [0.1, 0.15) is 0 Å². The Morgan fingerprint density at radius 2 is 1.80 bits per heavy atom. The van der Waals surface area contributed by atoms with Gasteiger partial charge in [-0.15, -0.1) is 6.58 Å². The van der Waals surface area contributed by atoms with Crippen LogP contribution in [0, 0.1) is 0 Å². The van der Waals surface area contributed by atoms with Crippen molar-refractivity contribution >= 4 is 0 Å². The molecule has 0 spiro atoms. The molecule has 0 amide bonds. The zero-order chi connectivity index (χ0) is 8.24. The fourth-order valence-corrected chi connectivity index (χ4v) is 0.577. The Kier molecular flexibility index (Phi) is 19.7. The smallest absolute Gasteiger partial charge is 0.0431 e. The summed E-state index contributed by atoms with van der Waals surface area (Å²) in [6.07, 6.45) is 6.23. The zero-order valence-corrected chi connectivity index (χ0v) is 7.27. The summed E-state index contributed by atoms with van der Waals surface area (Å²) in [6.45, 7) is 7.93. The lowest BCUT2D eigenvalue weighted by atomic mass is 10.2. The molecule has 0 heterocycles. The highest BCUT2D eigenvalue weighted by atomic mass is 16.2. The van der Waals surface area contributed by atoms with Crippen LogP contribution in [0.15, 0.2) is 12.7 Å². The van der Waals surface area contributed by atoms with E-state index in [1.807, 2.05) is 19.9 Å². The number of aliphatic hydroxyl groups is 1. The lowest BCUT2D eigenvalue weighted by Gasteiger charge is -1.91. The molecule has 1 N–H and O–H groups in total.